The molecule has 3 N–H and O–H groups in total. The van der Waals surface area contributed by atoms with Gasteiger partial charge in [-0.05, 0) is 18.2 Å². The highest BCUT2D eigenvalue weighted by molar-refractivity contribution is 7.15. The van der Waals surface area contributed by atoms with Crippen LogP contribution in [0.2, 0.25) is 0 Å². The first-order valence-corrected chi connectivity index (χ1v) is 5.70. The average Bonchev–Trinajstić information content (AvgIpc) is 2.80. The monoisotopic (exact) mass is 270 g/mol. The zero-order valence-corrected chi connectivity index (χ0v) is 9.80. The lowest BCUT2D eigenvalue weighted by Crippen LogP contribution is -2.12. The molecule has 1 amide bonds. The van der Waals surface area contributed by atoms with Crippen LogP contribution in [0, 0.1) is 11.6 Å². The number of nitrogens with zero attached hydrogens (tertiary/aromatic N) is 2. The van der Waals surface area contributed by atoms with Crippen LogP contribution in [-0.4, -0.2) is 16.1 Å². The topological polar surface area (TPSA) is 80.9 Å². The van der Waals surface area contributed by atoms with Gasteiger partial charge >= 0.3 is 0 Å². The minimum atomic E-state index is -1.08. The summed E-state index contributed by atoms with van der Waals surface area (Å²) in [7, 11) is 0. The van der Waals surface area contributed by atoms with Crippen LogP contribution in [0.1, 0.15) is 15.4 Å². The predicted octanol–water partition coefficient (Wildman–Crippen LogP) is 1.53. The van der Waals surface area contributed by atoms with Crippen molar-refractivity contribution < 1.29 is 13.6 Å². The van der Waals surface area contributed by atoms with Gasteiger partial charge in [0, 0.05) is 12.1 Å². The fourth-order valence-corrected chi connectivity index (χ4v) is 1.81. The van der Waals surface area contributed by atoms with Crippen molar-refractivity contribution in [2.75, 3.05) is 5.32 Å². The van der Waals surface area contributed by atoms with E-state index in [4.69, 9.17) is 5.73 Å². The zero-order chi connectivity index (χ0) is 13.1. The third kappa shape index (κ3) is 2.66. The van der Waals surface area contributed by atoms with Crippen molar-refractivity contribution in [3.63, 3.8) is 0 Å². The van der Waals surface area contributed by atoms with Gasteiger partial charge in [-0.2, -0.15) is 0 Å². The number of rotatable bonds is 3. The molecule has 1 heterocycles. The molecule has 0 radical (unpaired) electrons. The van der Waals surface area contributed by atoms with Gasteiger partial charge in [0.25, 0.3) is 5.91 Å². The molecule has 0 atom stereocenters. The van der Waals surface area contributed by atoms with Gasteiger partial charge in [-0.3, -0.25) is 10.1 Å². The number of hydrogen-bond donors (Lipinski definition) is 2. The lowest BCUT2D eigenvalue weighted by Gasteiger charge is -2.01. The van der Waals surface area contributed by atoms with Crippen molar-refractivity contribution in [2.45, 2.75) is 6.54 Å². The number of hydrogen-bond acceptors (Lipinski definition) is 5. The van der Waals surface area contributed by atoms with E-state index in [1.54, 1.807) is 0 Å². The molecule has 0 saturated heterocycles. The number of amides is 1. The van der Waals surface area contributed by atoms with E-state index in [0.717, 1.165) is 23.5 Å². The molecule has 1 aromatic heterocycles. The summed E-state index contributed by atoms with van der Waals surface area (Å²) < 4.78 is 25.6. The van der Waals surface area contributed by atoms with E-state index in [1.165, 1.54) is 6.07 Å². The van der Waals surface area contributed by atoms with E-state index in [-0.39, 0.29) is 17.2 Å². The number of carbonyl (C=O) groups is 1. The lowest BCUT2D eigenvalue weighted by atomic mass is 10.2. The fraction of sp³-hybridized carbons (Fsp3) is 0.100. The Hall–Kier alpha value is -1.93. The zero-order valence-electron chi connectivity index (χ0n) is 8.98. The van der Waals surface area contributed by atoms with Gasteiger partial charge in [0.05, 0.1) is 0 Å². The summed E-state index contributed by atoms with van der Waals surface area (Å²) in [6.07, 6.45) is 0. The smallest absolute Gasteiger partial charge is 0.257 e. The Bertz CT molecular complexity index is 587. The fourth-order valence-electron chi connectivity index (χ4n) is 1.19. The van der Waals surface area contributed by atoms with Gasteiger partial charge in [0.1, 0.15) is 5.01 Å². The molecular weight excluding hydrogens is 262 g/mol. The first-order valence-electron chi connectivity index (χ1n) is 4.89. The average molecular weight is 270 g/mol. The summed E-state index contributed by atoms with van der Waals surface area (Å²) in [5.41, 5.74) is 5.34. The largest absolute Gasteiger partial charge is 0.324 e. The molecule has 5 nitrogen and oxygen atoms in total. The van der Waals surface area contributed by atoms with Crippen molar-refractivity contribution >= 4 is 22.4 Å². The van der Waals surface area contributed by atoms with Crippen molar-refractivity contribution in [2.24, 2.45) is 5.73 Å². The van der Waals surface area contributed by atoms with E-state index < -0.39 is 17.5 Å². The second-order valence-electron chi connectivity index (χ2n) is 3.29. The van der Waals surface area contributed by atoms with Gasteiger partial charge in [-0.1, -0.05) is 11.3 Å². The molecule has 1 aromatic carbocycles. The summed E-state index contributed by atoms with van der Waals surface area (Å²) in [5, 5.41) is 10.6. The van der Waals surface area contributed by atoms with E-state index in [0.29, 0.717) is 5.01 Å². The van der Waals surface area contributed by atoms with Crippen molar-refractivity contribution in [1.29, 1.82) is 0 Å². The van der Waals surface area contributed by atoms with Gasteiger partial charge in [0.15, 0.2) is 11.6 Å². The molecule has 0 aliphatic rings. The van der Waals surface area contributed by atoms with Gasteiger partial charge in [-0.25, -0.2) is 8.78 Å². The quantitative estimate of drug-likeness (QED) is 0.886. The molecule has 94 valence electrons. The Labute approximate surface area is 105 Å². The summed E-state index contributed by atoms with van der Waals surface area (Å²) in [6.45, 7) is 0.221. The molecule has 0 unspecified atom stereocenters. The van der Waals surface area contributed by atoms with E-state index >= 15 is 0 Å². The predicted molar refractivity (Wildman–Crippen MR) is 62.1 cm³/mol. The Kier molecular flexibility index (Phi) is 3.58. The molecular formula is C10H8F2N4OS. The molecule has 18 heavy (non-hydrogen) atoms. The van der Waals surface area contributed by atoms with Crippen molar-refractivity contribution in [1.82, 2.24) is 10.2 Å². The van der Waals surface area contributed by atoms with Crippen LogP contribution in [0.3, 0.4) is 0 Å². The summed E-state index contributed by atoms with van der Waals surface area (Å²) in [6, 6.07) is 2.88. The van der Waals surface area contributed by atoms with Crippen LogP contribution < -0.4 is 11.1 Å². The molecule has 2 rings (SSSR count). The van der Waals surface area contributed by atoms with Crippen LogP contribution in [0.5, 0.6) is 0 Å². The summed E-state index contributed by atoms with van der Waals surface area (Å²) >= 11 is 1.12. The number of halogens is 2. The molecule has 0 spiro atoms. The van der Waals surface area contributed by atoms with Crippen LogP contribution >= 0.6 is 11.3 Å². The first-order chi connectivity index (χ1) is 8.60. The van der Waals surface area contributed by atoms with E-state index in [2.05, 4.69) is 15.5 Å². The standard InChI is InChI=1S/C10H8F2N4OS/c11-6-2-1-5(3-7(6)12)9(17)14-10-16-15-8(4-13)18-10/h1-3H,4,13H2,(H,14,16,17). The highest BCUT2D eigenvalue weighted by Gasteiger charge is 2.12. The Morgan fingerprint density at radius 3 is 2.72 bits per heavy atom. The van der Waals surface area contributed by atoms with Crippen LogP contribution in [0.4, 0.5) is 13.9 Å². The second kappa shape index (κ2) is 5.15. The number of nitrogens with two attached hydrogens (primary N) is 1. The minimum absolute atomic E-state index is 0.00148. The van der Waals surface area contributed by atoms with Gasteiger partial charge in [0.2, 0.25) is 5.13 Å². The normalized spacial score (nSPS) is 10.4. The molecule has 8 heteroatoms. The maximum absolute atomic E-state index is 12.9. The molecule has 2 aromatic rings. The number of nitrogens with one attached hydrogen (secondary N) is 1. The third-order valence-corrected chi connectivity index (χ3v) is 2.90. The molecule has 0 fully saturated rings. The molecule has 0 aliphatic carbocycles. The second-order valence-corrected chi connectivity index (χ2v) is 4.35. The molecule has 0 aliphatic heterocycles. The summed E-state index contributed by atoms with van der Waals surface area (Å²) in [5.74, 6) is -2.68. The number of anilines is 1. The Morgan fingerprint density at radius 1 is 1.33 bits per heavy atom. The van der Waals surface area contributed by atoms with Crippen LogP contribution in [-0.2, 0) is 6.54 Å². The Balaban J connectivity index is 2.14. The SMILES string of the molecule is NCc1nnc(NC(=O)c2ccc(F)c(F)c2)s1. The maximum atomic E-state index is 12.9. The maximum Gasteiger partial charge on any atom is 0.257 e. The minimum Gasteiger partial charge on any atom is -0.324 e. The van der Waals surface area contributed by atoms with Crippen molar-refractivity contribution in [3.8, 4) is 0 Å². The lowest BCUT2D eigenvalue weighted by molar-refractivity contribution is 0.102. The van der Waals surface area contributed by atoms with Gasteiger partial charge < -0.3 is 5.73 Å². The number of carbonyl (C=O) groups excluding carboxylic acids is 1. The van der Waals surface area contributed by atoms with Crippen LogP contribution in [0.25, 0.3) is 0 Å². The van der Waals surface area contributed by atoms with Crippen LogP contribution in [0.15, 0.2) is 18.2 Å². The van der Waals surface area contributed by atoms with E-state index in [9.17, 15) is 13.6 Å². The number of benzene rings is 1. The van der Waals surface area contributed by atoms with E-state index in [1.807, 2.05) is 0 Å². The highest BCUT2D eigenvalue weighted by atomic mass is 32.1. The number of aromatic nitrogens is 2. The Morgan fingerprint density at radius 2 is 2.11 bits per heavy atom. The molecule has 0 saturated carbocycles. The van der Waals surface area contributed by atoms with Gasteiger partial charge in [-0.15, -0.1) is 10.2 Å². The highest BCUT2D eigenvalue weighted by Crippen LogP contribution is 2.16. The first kappa shape index (κ1) is 12.5. The van der Waals surface area contributed by atoms with Crippen molar-refractivity contribution in [3.05, 3.63) is 40.4 Å². The molecule has 0 bridgehead atoms. The summed E-state index contributed by atoms with van der Waals surface area (Å²) in [4.78, 5) is 11.7. The third-order valence-electron chi connectivity index (χ3n) is 2.04.